The summed E-state index contributed by atoms with van der Waals surface area (Å²) < 4.78 is 2.05. The fourth-order valence-electron chi connectivity index (χ4n) is 3.88. The highest BCUT2D eigenvalue weighted by molar-refractivity contribution is 7.15. The van der Waals surface area contributed by atoms with Gasteiger partial charge in [-0.15, -0.1) is 11.3 Å². The molecule has 0 atom stereocenters. The highest BCUT2D eigenvalue weighted by atomic mass is 35.5. The Kier molecular flexibility index (Phi) is 5.19. The molecular weight excluding hydrogens is 416 g/mol. The summed E-state index contributed by atoms with van der Waals surface area (Å²) in [6.07, 6.45) is 2.41. The Balaban J connectivity index is 1.26. The molecule has 1 aliphatic heterocycles. The van der Waals surface area contributed by atoms with Gasteiger partial charge in [-0.3, -0.25) is 9.20 Å². The first-order valence-electron chi connectivity index (χ1n) is 9.97. The molecule has 30 heavy (non-hydrogen) atoms. The molecule has 1 fully saturated rings. The van der Waals surface area contributed by atoms with Crippen LogP contribution in [-0.2, 0) is 11.2 Å². The van der Waals surface area contributed by atoms with Crippen LogP contribution in [0.1, 0.15) is 5.69 Å². The summed E-state index contributed by atoms with van der Waals surface area (Å²) in [5, 5.41) is 2.79. The molecule has 0 radical (unpaired) electrons. The van der Waals surface area contributed by atoms with Gasteiger partial charge in [-0.2, -0.15) is 0 Å². The van der Waals surface area contributed by atoms with Gasteiger partial charge in [0.05, 0.1) is 22.8 Å². The van der Waals surface area contributed by atoms with E-state index >= 15 is 0 Å². The van der Waals surface area contributed by atoms with E-state index in [-0.39, 0.29) is 5.91 Å². The van der Waals surface area contributed by atoms with Gasteiger partial charge < -0.3 is 9.80 Å². The third-order valence-corrected chi connectivity index (χ3v) is 6.72. The predicted molar refractivity (Wildman–Crippen MR) is 122 cm³/mol. The first-order chi connectivity index (χ1) is 14.7. The summed E-state index contributed by atoms with van der Waals surface area (Å²) in [6.45, 7) is 2.99. The van der Waals surface area contributed by atoms with Crippen LogP contribution in [0.25, 0.3) is 16.2 Å². The lowest BCUT2D eigenvalue weighted by Crippen LogP contribution is -2.49. The number of carbonyl (C=O) groups is 1. The lowest BCUT2D eigenvalue weighted by atomic mass is 10.2. The summed E-state index contributed by atoms with van der Waals surface area (Å²) in [7, 11) is 0. The van der Waals surface area contributed by atoms with Crippen molar-refractivity contribution in [3.8, 4) is 11.3 Å². The van der Waals surface area contributed by atoms with Crippen molar-refractivity contribution in [1.29, 1.82) is 0 Å². The second kappa shape index (κ2) is 8.13. The Morgan fingerprint density at radius 2 is 1.73 bits per heavy atom. The molecule has 0 unspecified atom stereocenters. The first kappa shape index (κ1) is 19.2. The number of imidazole rings is 1. The van der Waals surface area contributed by atoms with Crippen LogP contribution in [0.15, 0.2) is 66.2 Å². The zero-order valence-corrected chi connectivity index (χ0v) is 17.9. The lowest BCUT2D eigenvalue weighted by molar-refractivity contribution is -0.130. The number of halogens is 1. The fraction of sp³-hybridized carbons (Fsp3) is 0.217. The monoisotopic (exact) mass is 436 g/mol. The normalized spacial score (nSPS) is 14.4. The molecule has 0 saturated carbocycles. The summed E-state index contributed by atoms with van der Waals surface area (Å²) in [5.41, 5.74) is 4.05. The van der Waals surface area contributed by atoms with Gasteiger partial charge in [0, 0.05) is 49.0 Å². The van der Waals surface area contributed by atoms with Crippen LogP contribution < -0.4 is 4.90 Å². The van der Waals surface area contributed by atoms with Crippen LogP contribution in [0.2, 0.25) is 5.02 Å². The summed E-state index contributed by atoms with van der Waals surface area (Å²) in [5.74, 6) is 0.156. The van der Waals surface area contributed by atoms with E-state index in [1.807, 2.05) is 63.3 Å². The molecule has 1 saturated heterocycles. The van der Waals surface area contributed by atoms with E-state index in [1.54, 1.807) is 11.3 Å². The van der Waals surface area contributed by atoms with Crippen molar-refractivity contribution in [2.24, 2.45) is 0 Å². The van der Waals surface area contributed by atoms with Crippen molar-refractivity contribution in [1.82, 2.24) is 14.3 Å². The molecule has 2 aromatic carbocycles. The van der Waals surface area contributed by atoms with Crippen molar-refractivity contribution in [3.05, 3.63) is 76.9 Å². The number of nitrogens with zero attached hydrogens (tertiary/aromatic N) is 4. The number of hydrogen-bond donors (Lipinski definition) is 0. The number of aromatic nitrogens is 2. The van der Waals surface area contributed by atoms with E-state index in [2.05, 4.69) is 17.0 Å². The molecule has 5 nitrogen and oxygen atoms in total. The van der Waals surface area contributed by atoms with Crippen LogP contribution in [-0.4, -0.2) is 46.4 Å². The van der Waals surface area contributed by atoms with Gasteiger partial charge >= 0.3 is 0 Å². The molecule has 0 bridgehead atoms. The Morgan fingerprint density at radius 3 is 2.50 bits per heavy atom. The number of amides is 1. The minimum atomic E-state index is 0.156. The quantitative estimate of drug-likeness (QED) is 0.469. The van der Waals surface area contributed by atoms with Crippen LogP contribution in [0.3, 0.4) is 0 Å². The maximum atomic E-state index is 12.9. The van der Waals surface area contributed by atoms with E-state index < -0.39 is 0 Å². The van der Waals surface area contributed by atoms with Crippen molar-refractivity contribution < 1.29 is 4.79 Å². The Bertz CT molecular complexity index is 1180. The minimum absolute atomic E-state index is 0.156. The number of fused-ring (bicyclic) bond motifs is 1. The third-order valence-electron chi connectivity index (χ3n) is 5.51. The number of rotatable bonds is 4. The zero-order chi connectivity index (χ0) is 20.5. The van der Waals surface area contributed by atoms with Gasteiger partial charge in [0.2, 0.25) is 5.91 Å². The number of thiazole rings is 1. The highest BCUT2D eigenvalue weighted by Gasteiger charge is 2.23. The molecule has 1 aliphatic rings. The molecule has 5 rings (SSSR count). The third kappa shape index (κ3) is 3.68. The summed E-state index contributed by atoms with van der Waals surface area (Å²) >= 11 is 7.90. The zero-order valence-electron chi connectivity index (χ0n) is 16.4. The standard InChI is InChI=1S/C23H21ClN4OS/c24-19-8-4-5-9-21(19)26-10-12-27(13-11-26)22(29)14-18-16-30-23-25-20(15-28(18)23)17-6-2-1-3-7-17/h1-9,15-16H,10-14H2. The minimum Gasteiger partial charge on any atom is -0.367 e. The smallest absolute Gasteiger partial charge is 0.228 e. The van der Waals surface area contributed by atoms with E-state index in [4.69, 9.17) is 16.6 Å². The largest absolute Gasteiger partial charge is 0.367 e. The SMILES string of the molecule is O=C(Cc1csc2nc(-c3ccccc3)cn12)N1CCN(c2ccccc2Cl)CC1. The van der Waals surface area contributed by atoms with Crippen LogP contribution >= 0.6 is 22.9 Å². The van der Waals surface area contributed by atoms with E-state index in [0.29, 0.717) is 19.5 Å². The van der Waals surface area contributed by atoms with Gasteiger partial charge in [0.1, 0.15) is 0 Å². The lowest BCUT2D eigenvalue weighted by Gasteiger charge is -2.36. The van der Waals surface area contributed by atoms with Crippen LogP contribution in [0.4, 0.5) is 5.69 Å². The van der Waals surface area contributed by atoms with Crippen molar-refractivity contribution in [2.45, 2.75) is 6.42 Å². The number of anilines is 1. The van der Waals surface area contributed by atoms with Crippen molar-refractivity contribution in [3.63, 3.8) is 0 Å². The van der Waals surface area contributed by atoms with Gasteiger partial charge in [0.15, 0.2) is 4.96 Å². The topological polar surface area (TPSA) is 40.9 Å². The van der Waals surface area contributed by atoms with E-state index in [1.165, 1.54) is 0 Å². The number of piperazine rings is 1. The average Bonchev–Trinajstić information content (AvgIpc) is 3.37. The van der Waals surface area contributed by atoms with Gasteiger partial charge in [-0.1, -0.05) is 54.1 Å². The maximum absolute atomic E-state index is 12.9. The number of carbonyl (C=O) groups excluding carboxylic acids is 1. The van der Waals surface area contributed by atoms with Gasteiger partial charge in [-0.25, -0.2) is 4.98 Å². The highest BCUT2D eigenvalue weighted by Crippen LogP contribution is 2.27. The Hall–Kier alpha value is -2.83. The summed E-state index contributed by atoms with van der Waals surface area (Å²) in [4.78, 5) is 22.8. The Morgan fingerprint density at radius 1 is 1.00 bits per heavy atom. The molecule has 2 aromatic heterocycles. The number of benzene rings is 2. The van der Waals surface area contributed by atoms with E-state index in [0.717, 1.165) is 45.7 Å². The van der Waals surface area contributed by atoms with Crippen LogP contribution in [0, 0.1) is 0 Å². The van der Waals surface area contributed by atoms with E-state index in [9.17, 15) is 4.79 Å². The predicted octanol–water partition coefficient (Wildman–Crippen LogP) is 4.61. The van der Waals surface area contributed by atoms with Gasteiger partial charge in [-0.05, 0) is 12.1 Å². The summed E-state index contributed by atoms with van der Waals surface area (Å²) in [6, 6.07) is 18.0. The van der Waals surface area contributed by atoms with Crippen molar-refractivity contribution in [2.75, 3.05) is 31.1 Å². The molecule has 3 heterocycles. The number of para-hydroxylation sites is 1. The second-order valence-electron chi connectivity index (χ2n) is 7.37. The number of hydrogen-bond acceptors (Lipinski definition) is 4. The molecule has 0 N–H and O–H groups in total. The molecule has 7 heteroatoms. The molecular formula is C23H21ClN4OS. The fourth-order valence-corrected chi connectivity index (χ4v) is 5.00. The second-order valence-corrected chi connectivity index (χ2v) is 8.61. The van der Waals surface area contributed by atoms with Crippen LogP contribution in [0.5, 0.6) is 0 Å². The molecule has 152 valence electrons. The van der Waals surface area contributed by atoms with Crippen molar-refractivity contribution >= 4 is 39.5 Å². The van der Waals surface area contributed by atoms with Gasteiger partial charge in [0.25, 0.3) is 0 Å². The molecule has 0 spiro atoms. The maximum Gasteiger partial charge on any atom is 0.228 e. The average molecular weight is 437 g/mol. The molecule has 0 aliphatic carbocycles. The first-order valence-corrected chi connectivity index (χ1v) is 11.2. The Labute approximate surface area is 184 Å². The molecule has 4 aromatic rings. The molecule has 1 amide bonds.